The maximum absolute atomic E-state index is 12.0. The molecule has 27 heavy (non-hydrogen) atoms. The highest BCUT2D eigenvalue weighted by atomic mass is 16.6. The molecule has 4 heterocycles. The van der Waals surface area contributed by atoms with Gasteiger partial charge in [-0.3, -0.25) is 14.5 Å². The lowest BCUT2D eigenvalue weighted by Gasteiger charge is -2.39. The zero-order valence-corrected chi connectivity index (χ0v) is 17.1. The Kier molecular flexibility index (Phi) is 5.50. The second-order valence-corrected chi connectivity index (χ2v) is 9.41. The lowest BCUT2D eigenvalue weighted by Crippen LogP contribution is -2.47. The van der Waals surface area contributed by atoms with E-state index < -0.39 is 0 Å². The zero-order valence-electron chi connectivity index (χ0n) is 17.1. The first kappa shape index (κ1) is 19.2. The van der Waals surface area contributed by atoms with Crippen LogP contribution in [0.5, 0.6) is 0 Å². The number of carbonyl (C=O) groups is 2. The molecule has 0 aliphatic carbocycles. The maximum atomic E-state index is 12.0. The van der Waals surface area contributed by atoms with Crippen LogP contribution in [0.2, 0.25) is 0 Å². The van der Waals surface area contributed by atoms with Crippen LogP contribution >= 0.6 is 0 Å². The van der Waals surface area contributed by atoms with Crippen molar-refractivity contribution in [3.63, 3.8) is 0 Å². The van der Waals surface area contributed by atoms with Crippen LogP contribution in [0.4, 0.5) is 0 Å². The Morgan fingerprint density at radius 3 is 2.30 bits per heavy atom. The number of fused-ring (bicyclic) bond motifs is 1. The van der Waals surface area contributed by atoms with Crippen LogP contribution in [0, 0.1) is 23.7 Å². The molecule has 0 unspecified atom stereocenters. The number of hydrogen-bond donors (Lipinski definition) is 0. The number of ether oxygens (including phenoxy) is 2. The van der Waals surface area contributed by atoms with Gasteiger partial charge in [0.1, 0.15) is 12.2 Å². The normalized spacial score (nSPS) is 43.9. The molecule has 0 bridgehead atoms. The molecular weight excluding hydrogens is 342 g/mol. The standard InChI is InChI=1S/C22H35NO4/c1-4-15(19-11-13(2)21(24)26-19)16-7-5-6-10-23-17(16)8-9-18(23)20-12-14(3)22(25)27-20/h13-20H,4-12H2,1-3H3/t13-,14-,15+,16+,17-,18-,19+,20-/m0/s1. The molecule has 152 valence electrons. The van der Waals surface area contributed by atoms with E-state index in [1.807, 2.05) is 13.8 Å². The molecule has 0 saturated carbocycles. The van der Waals surface area contributed by atoms with E-state index in [1.54, 1.807) is 0 Å². The minimum atomic E-state index is -0.0203. The quantitative estimate of drug-likeness (QED) is 0.701. The SMILES string of the molecule is CC[C@H]([C@H]1CCCCN2[C@H]1CC[C@H]2[C@@H]1C[C@H](C)C(=O)O1)[C@H]1C[C@H](C)C(=O)O1. The molecule has 4 aliphatic rings. The summed E-state index contributed by atoms with van der Waals surface area (Å²) in [5.41, 5.74) is 0. The fourth-order valence-electron chi connectivity index (χ4n) is 6.33. The highest BCUT2D eigenvalue weighted by Crippen LogP contribution is 2.45. The average molecular weight is 378 g/mol. The summed E-state index contributed by atoms with van der Waals surface area (Å²) in [5, 5.41) is 0. The third kappa shape index (κ3) is 3.52. The summed E-state index contributed by atoms with van der Waals surface area (Å²) in [6.45, 7) is 7.35. The summed E-state index contributed by atoms with van der Waals surface area (Å²) < 4.78 is 11.5. The molecule has 0 aromatic carbocycles. The van der Waals surface area contributed by atoms with E-state index in [-0.39, 0.29) is 36.0 Å². The molecule has 5 nitrogen and oxygen atoms in total. The number of hydrogen-bond acceptors (Lipinski definition) is 5. The third-order valence-corrected chi connectivity index (χ3v) is 7.75. The van der Waals surface area contributed by atoms with Crippen LogP contribution in [0.15, 0.2) is 0 Å². The molecule has 4 rings (SSSR count). The van der Waals surface area contributed by atoms with E-state index in [9.17, 15) is 9.59 Å². The van der Waals surface area contributed by atoms with Gasteiger partial charge >= 0.3 is 11.9 Å². The predicted octanol–water partition coefficient (Wildman–Crippen LogP) is 3.55. The highest BCUT2D eigenvalue weighted by Gasteiger charge is 2.49. The predicted molar refractivity (Wildman–Crippen MR) is 102 cm³/mol. The monoisotopic (exact) mass is 377 g/mol. The summed E-state index contributed by atoms with van der Waals surface area (Å²) in [5.74, 6) is 1.09. The van der Waals surface area contributed by atoms with Gasteiger partial charge in [0, 0.05) is 18.0 Å². The van der Waals surface area contributed by atoms with Crippen molar-refractivity contribution in [3.05, 3.63) is 0 Å². The minimum Gasteiger partial charge on any atom is -0.462 e. The van der Waals surface area contributed by atoms with Crippen molar-refractivity contribution in [2.24, 2.45) is 23.7 Å². The summed E-state index contributed by atoms with van der Waals surface area (Å²) in [4.78, 5) is 26.6. The van der Waals surface area contributed by atoms with Crippen molar-refractivity contribution >= 4 is 11.9 Å². The first-order chi connectivity index (χ1) is 13.0. The Bertz CT molecular complexity index is 579. The van der Waals surface area contributed by atoms with E-state index in [1.165, 1.54) is 25.7 Å². The fraction of sp³-hybridized carbons (Fsp3) is 0.909. The van der Waals surface area contributed by atoms with Gasteiger partial charge in [0.15, 0.2) is 0 Å². The van der Waals surface area contributed by atoms with E-state index in [4.69, 9.17) is 9.47 Å². The van der Waals surface area contributed by atoms with E-state index in [0.29, 0.717) is 23.9 Å². The van der Waals surface area contributed by atoms with Crippen molar-refractivity contribution in [2.75, 3.05) is 6.54 Å². The Hall–Kier alpha value is -1.10. The Morgan fingerprint density at radius 1 is 0.963 bits per heavy atom. The average Bonchev–Trinajstić information content (AvgIpc) is 3.25. The van der Waals surface area contributed by atoms with Gasteiger partial charge in [-0.2, -0.15) is 0 Å². The molecule has 0 aromatic rings. The van der Waals surface area contributed by atoms with Gasteiger partial charge in [-0.05, 0) is 57.4 Å². The summed E-state index contributed by atoms with van der Waals surface area (Å²) in [7, 11) is 0. The van der Waals surface area contributed by atoms with Crippen molar-refractivity contribution < 1.29 is 19.1 Å². The van der Waals surface area contributed by atoms with Gasteiger partial charge in [0.2, 0.25) is 0 Å². The first-order valence-electron chi connectivity index (χ1n) is 11.2. The zero-order chi connectivity index (χ0) is 19.1. The highest BCUT2D eigenvalue weighted by molar-refractivity contribution is 5.74. The van der Waals surface area contributed by atoms with Crippen molar-refractivity contribution in [1.82, 2.24) is 4.90 Å². The van der Waals surface area contributed by atoms with Crippen LogP contribution in [-0.2, 0) is 19.1 Å². The molecular formula is C22H35NO4. The maximum Gasteiger partial charge on any atom is 0.309 e. The minimum absolute atomic E-state index is 0.0138. The van der Waals surface area contributed by atoms with Gasteiger partial charge in [0.25, 0.3) is 0 Å². The topological polar surface area (TPSA) is 55.8 Å². The lowest BCUT2D eigenvalue weighted by molar-refractivity contribution is -0.146. The van der Waals surface area contributed by atoms with Gasteiger partial charge in [-0.25, -0.2) is 0 Å². The van der Waals surface area contributed by atoms with Crippen LogP contribution in [-0.4, -0.2) is 47.7 Å². The lowest BCUT2D eigenvalue weighted by atomic mass is 9.76. The molecule has 5 heteroatoms. The van der Waals surface area contributed by atoms with E-state index in [0.717, 1.165) is 32.2 Å². The molecule has 4 fully saturated rings. The molecule has 0 radical (unpaired) electrons. The van der Waals surface area contributed by atoms with Gasteiger partial charge in [0.05, 0.1) is 11.8 Å². The summed E-state index contributed by atoms with van der Waals surface area (Å²) in [6, 6.07) is 0.929. The van der Waals surface area contributed by atoms with Gasteiger partial charge in [-0.15, -0.1) is 0 Å². The molecule has 0 amide bonds. The Morgan fingerprint density at radius 2 is 1.67 bits per heavy atom. The number of rotatable bonds is 4. The third-order valence-electron chi connectivity index (χ3n) is 7.75. The number of carbonyl (C=O) groups excluding carboxylic acids is 2. The van der Waals surface area contributed by atoms with Crippen LogP contribution in [0.3, 0.4) is 0 Å². The van der Waals surface area contributed by atoms with Gasteiger partial charge in [-0.1, -0.05) is 27.2 Å². The molecule has 0 aromatic heterocycles. The van der Waals surface area contributed by atoms with Crippen LogP contribution < -0.4 is 0 Å². The second kappa shape index (κ2) is 7.73. The largest absolute Gasteiger partial charge is 0.462 e. The first-order valence-corrected chi connectivity index (χ1v) is 11.2. The number of cyclic esters (lactones) is 2. The smallest absolute Gasteiger partial charge is 0.309 e. The van der Waals surface area contributed by atoms with E-state index >= 15 is 0 Å². The fourth-order valence-corrected chi connectivity index (χ4v) is 6.33. The Labute approximate surface area is 163 Å². The number of esters is 2. The number of nitrogens with zero attached hydrogens (tertiary/aromatic N) is 1. The summed E-state index contributed by atoms with van der Waals surface area (Å²) >= 11 is 0. The Balaban J connectivity index is 1.51. The molecule has 0 spiro atoms. The molecule has 4 saturated heterocycles. The van der Waals surface area contributed by atoms with E-state index in [2.05, 4.69) is 11.8 Å². The molecule has 4 aliphatic heterocycles. The van der Waals surface area contributed by atoms with Crippen molar-refractivity contribution in [2.45, 2.75) is 96.4 Å². The van der Waals surface area contributed by atoms with Crippen LogP contribution in [0.25, 0.3) is 0 Å². The molecule has 0 N–H and O–H groups in total. The molecule has 8 atom stereocenters. The van der Waals surface area contributed by atoms with Crippen molar-refractivity contribution in [3.8, 4) is 0 Å². The van der Waals surface area contributed by atoms with Gasteiger partial charge < -0.3 is 9.47 Å². The van der Waals surface area contributed by atoms with Crippen LogP contribution in [0.1, 0.15) is 72.1 Å². The van der Waals surface area contributed by atoms with Crippen molar-refractivity contribution in [1.29, 1.82) is 0 Å². The summed E-state index contributed by atoms with van der Waals surface area (Å²) in [6.07, 6.45) is 8.98. The second-order valence-electron chi connectivity index (χ2n) is 9.41.